The van der Waals surface area contributed by atoms with E-state index in [2.05, 4.69) is 168 Å². The molecule has 4 nitrogen and oxygen atoms in total. The molecule has 0 unspecified atom stereocenters. The molecule has 278 valence electrons. The van der Waals surface area contributed by atoms with Crippen LogP contribution in [0.2, 0.25) is 0 Å². The highest BCUT2D eigenvalue weighted by atomic mass is 16.5. The van der Waals surface area contributed by atoms with Crippen LogP contribution < -0.4 is 52.1 Å². The highest BCUT2D eigenvalue weighted by Crippen LogP contribution is 2.49. The largest absolute Gasteiger partial charge is 0.497 e. The molecule has 0 saturated carbocycles. The third kappa shape index (κ3) is 3.99. The zero-order valence-electron chi connectivity index (χ0n) is 34.9. The second-order valence-electron chi connectivity index (χ2n) is 16.5. The molecule has 4 heterocycles. The summed E-state index contributed by atoms with van der Waals surface area (Å²) in [6.07, 6.45) is 0. The van der Waals surface area contributed by atoms with Crippen LogP contribution in [-0.2, 0) is 0 Å². The van der Waals surface area contributed by atoms with Crippen molar-refractivity contribution in [1.29, 1.82) is 0 Å². The first-order chi connectivity index (χ1) is 30.5. The molecule has 0 aromatic heterocycles. The third-order valence-corrected chi connectivity index (χ3v) is 13.8. The molecule has 10 aromatic rings. The quantitative estimate of drug-likeness (QED) is 0.132. The van der Waals surface area contributed by atoms with Crippen LogP contribution >= 0.6 is 0 Å². The molecule has 0 fully saturated rings. The molecule has 60 heavy (non-hydrogen) atoms. The molecule has 0 bridgehead atoms. The normalized spacial score (nSPS) is 14.2. The van der Waals surface area contributed by atoms with Gasteiger partial charge in [-0.25, -0.2) is 0 Å². The van der Waals surface area contributed by atoms with Crippen LogP contribution in [0.3, 0.4) is 0 Å². The van der Waals surface area contributed by atoms with Gasteiger partial charge in [0.05, 0.1) is 17.0 Å². The van der Waals surface area contributed by atoms with E-state index < -0.39 is 0 Å². The zero-order chi connectivity index (χ0) is 41.1. The van der Waals surface area contributed by atoms with Crippen LogP contribution in [0.25, 0.3) is 54.6 Å². The van der Waals surface area contributed by atoms with Crippen LogP contribution in [0.5, 0.6) is 11.5 Å². The molecule has 4 aliphatic rings. The van der Waals surface area contributed by atoms with Crippen molar-refractivity contribution in [3.8, 4) is 33.8 Å². The third-order valence-electron chi connectivity index (χ3n) is 13.8. The van der Waals surface area contributed by atoms with E-state index in [-0.39, 0.29) is 13.4 Å². The number of hydrogen-bond donors (Lipinski definition) is 0. The standard InChI is InChI=1S/C54H34B2N2O2/c1-59-35-27-39-37-23-21-31-26-44-52-38(40-28-36(60-2)30-48-54(40)56(44)42-18-10-12-20-46(42)58(48)34-15-7-4-8-16-34)24-22-32-25-43(51(37)49(31)50(32)52)55-41-17-9-11-19-45(41)57(47(29-35)53(39)55)33-13-5-3-6-14-33/h3-30H,1-2H3/i21D,22D. The van der Waals surface area contributed by atoms with Crippen LogP contribution in [0.1, 0.15) is 2.74 Å². The predicted octanol–water partition coefficient (Wildman–Crippen LogP) is 9.16. The van der Waals surface area contributed by atoms with Crippen molar-refractivity contribution in [2.75, 3.05) is 24.0 Å². The van der Waals surface area contributed by atoms with E-state index >= 15 is 0 Å². The Labute approximate surface area is 351 Å². The Morgan fingerprint density at radius 2 is 0.817 bits per heavy atom. The Balaban J connectivity index is 1.14. The van der Waals surface area contributed by atoms with Crippen LogP contribution in [0.4, 0.5) is 34.1 Å². The minimum absolute atomic E-state index is 0.106. The topological polar surface area (TPSA) is 24.9 Å². The van der Waals surface area contributed by atoms with Gasteiger partial charge in [0.2, 0.25) is 13.4 Å². The lowest BCUT2D eigenvalue weighted by Crippen LogP contribution is -2.60. The second kappa shape index (κ2) is 11.6. The minimum atomic E-state index is -0.106. The van der Waals surface area contributed by atoms with Crippen molar-refractivity contribution in [3.05, 3.63) is 170 Å². The Morgan fingerprint density at radius 1 is 0.400 bits per heavy atom. The second-order valence-corrected chi connectivity index (χ2v) is 16.5. The van der Waals surface area contributed by atoms with E-state index in [0.29, 0.717) is 12.1 Å². The van der Waals surface area contributed by atoms with E-state index in [9.17, 15) is 2.74 Å². The maximum Gasteiger partial charge on any atom is 0.248 e. The van der Waals surface area contributed by atoms with E-state index in [1.807, 2.05) is 0 Å². The summed E-state index contributed by atoms with van der Waals surface area (Å²) in [6.45, 7) is -0.211. The molecule has 0 saturated heterocycles. The average molecular weight is 767 g/mol. The summed E-state index contributed by atoms with van der Waals surface area (Å²) in [5.74, 6) is 1.54. The van der Waals surface area contributed by atoms with Gasteiger partial charge in [-0.05, 0) is 125 Å². The number of nitrogens with zero attached hydrogens (tertiary/aromatic N) is 2. The van der Waals surface area contributed by atoms with Gasteiger partial charge in [-0.2, -0.15) is 0 Å². The van der Waals surface area contributed by atoms with Gasteiger partial charge < -0.3 is 19.3 Å². The summed E-state index contributed by atoms with van der Waals surface area (Å²) in [4.78, 5) is 4.72. The average Bonchev–Trinajstić information content (AvgIpc) is 3.32. The Hall–Kier alpha value is -7.43. The molecule has 0 radical (unpaired) electrons. The minimum Gasteiger partial charge on any atom is -0.497 e. The maximum atomic E-state index is 9.99. The van der Waals surface area contributed by atoms with E-state index in [0.717, 1.165) is 100 Å². The first-order valence-corrected chi connectivity index (χ1v) is 20.6. The molecular formula is C54H34B2N2O2. The van der Waals surface area contributed by atoms with Crippen molar-refractivity contribution >= 4 is 113 Å². The van der Waals surface area contributed by atoms with Crippen LogP contribution in [0, 0.1) is 0 Å². The van der Waals surface area contributed by atoms with E-state index in [1.54, 1.807) is 14.2 Å². The van der Waals surface area contributed by atoms with Gasteiger partial charge in [0.25, 0.3) is 0 Å². The fraction of sp³-hybridized carbons (Fsp3) is 0.0370. The van der Waals surface area contributed by atoms with Crippen LogP contribution in [0.15, 0.2) is 170 Å². The van der Waals surface area contributed by atoms with Gasteiger partial charge in [0.15, 0.2) is 0 Å². The van der Waals surface area contributed by atoms with Gasteiger partial charge in [-0.1, -0.05) is 120 Å². The summed E-state index contributed by atoms with van der Waals surface area (Å²) in [5, 5.41) is 6.27. The van der Waals surface area contributed by atoms with Gasteiger partial charge in [-0.3, -0.25) is 0 Å². The smallest absolute Gasteiger partial charge is 0.248 e. The Bertz CT molecular complexity index is 3380. The van der Waals surface area contributed by atoms with E-state index in [4.69, 9.17) is 9.47 Å². The zero-order valence-corrected chi connectivity index (χ0v) is 32.9. The molecule has 0 spiro atoms. The molecule has 0 amide bonds. The Morgan fingerprint density at radius 3 is 1.25 bits per heavy atom. The number of hydrogen-bond acceptors (Lipinski definition) is 4. The lowest BCUT2D eigenvalue weighted by Gasteiger charge is -2.42. The van der Waals surface area contributed by atoms with Gasteiger partial charge >= 0.3 is 0 Å². The maximum absolute atomic E-state index is 9.99. The molecule has 0 atom stereocenters. The lowest BCUT2D eigenvalue weighted by molar-refractivity contribution is 0.415. The van der Waals surface area contributed by atoms with Crippen LogP contribution in [-0.4, -0.2) is 27.6 Å². The summed E-state index contributed by atoms with van der Waals surface area (Å²) in [7, 11) is 3.48. The van der Waals surface area contributed by atoms with Crippen molar-refractivity contribution in [2.45, 2.75) is 0 Å². The lowest BCUT2D eigenvalue weighted by atomic mass is 9.31. The number of ether oxygens (including phenoxy) is 2. The van der Waals surface area contributed by atoms with Gasteiger partial charge in [0, 0.05) is 46.3 Å². The Kier molecular flexibility index (Phi) is 5.93. The summed E-state index contributed by atoms with van der Waals surface area (Å²) >= 11 is 0. The van der Waals surface area contributed by atoms with Crippen molar-refractivity contribution in [1.82, 2.24) is 0 Å². The number of anilines is 6. The van der Waals surface area contributed by atoms with E-state index in [1.165, 1.54) is 32.8 Å². The van der Waals surface area contributed by atoms with Gasteiger partial charge in [-0.15, -0.1) is 0 Å². The fourth-order valence-electron chi connectivity index (χ4n) is 11.5. The first kappa shape index (κ1) is 30.6. The summed E-state index contributed by atoms with van der Waals surface area (Å²) in [5.41, 5.74) is 17.9. The van der Waals surface area contributed by atoms with Crippen molar-refractivity contribution < 1.29 is 12.2 Å². The monoisotopic (exact) mass is 766 g/mol. The number of benzene rings is 10. The number of para-hydroxylation sites is 4. The molecule has 4 aliphatic heterocycles. The highest BCUT2D eigenvalue weighted by molar-refractivity contribution is 7.02. The van der Waals surface area contributed by atoms with Crippen molar-refractivity contribution in [2.24, 2.45) is 0 Å². The number of fused-ring (bicyclic) bond motifs is 8. The SMILES string of the molecule is [2H]c1cc2c3c(cc4c([2H])cc5c6c(cc1c3c46)B1c3ccccc3N(c3ccccc3)c3cc(OC)cc-5c31)B1c3ccccc3N(c3ccccc3)c3cc(OC)cc-2c31. The molecule has 0 N–H and O–H groups in total. The van der Waals surface area contributed by atoms with Crippen molar-refractivity contribution in [3.63, 3.8) is 0 Å². The molecule has 14 rings (SSSR count). The predicted molar refractivity (Wildman–Crippen MR) is 253 cm³/mol. The first-order valence-electron chi connectivity index (χ1n) is 21.6. The summed E-state index contributed by atoms with van der Waals surface area (Å²) < 4.78 is 32.2. The summed E-state index contributed by atoms with van der Waals surface area (Å²) in [6, 6.07) is 57.1. The molecule has 10 aromatic carbocycles. The highest BCUT2D eigenvalue weighted by Gasteiger charge is 2.45. The molecule has 6 heteroatoms. The fourth-order valence-corrected chi connectivity index (χ4v) is 11.5. The molecular weight excluding hydrogens is 730 g/mol. The number of methoxy groups -OCH3 is 2. The van der Waals surface area contributed by atoms with Gasteiger partial charge in [0.1, 0.15) is 11.5 Å². The molecule has 0 aliphatic carbocycles. The number of rotatable bonds is 4.